The van der Waals surface area contributed by atoms with Crippen LogP contribution in [0.15, 0.2) is 42.5 Å². The van der Waals surface area contributed by atoms with E-state index in [1.165, 1.54) is 10.4 Å². The molecule has 9 heteroatoms. The standard InChI is InChI=1S/C17H19F2N3O3S/c1-20-8-10-25-11-9-21-16-4-2-3-5-17(16)22(26(21,23)24)13-6-7-14(18)15(19)12-13/h2-7,12,20H,8-11H2,1H3. The van der Waals surface area contributed by atoms with Crippen LogP contribution in [0, 0.1) is 11.6 Å². The number of nitrogens with one attached hydrogen (secondary N) is 1. The number of fused-ring (bicyclic) bond motifs is 1. The lowest BCUT2D eigenvalue weighted by atomic mass is 10.2. The molecule has 0 unspecified atom stereocenters. The first-order chi connectivity index (χ1) is 12.5. The van der Waals surface area contributed by atoms with Crippen molar-refractivity contribution in [1.82, 2.24) is 5.32 Å². The van der Waals surface area contributed by atoms with Crippen molar-refractivity contribution in [3.63, 3.8) is 0 Å². The van der Waals surface area contributed by atoms with E-state index >= 15 is 0 Å². The summed E-state index contributed by atoms with van der Waals surface area (Å²) in [6, 6.07) is 9.71. The summed E-state index contributed by atoms with van der Waals surface area (Å²) in [5.41, 5.74) is 0.887. The van der Waals surface area contributed by atoms with Crippen molar-refractivity contribution in [2.24, 2.45) is 0 Å². The smallest absolute Gasteiger partial charge is 0.331 e. The maximum absolute atomic E-state index is 13.6. The summed E-state index contributed by atoms with van der Waals surface area (Å²) in [6.07, 6.45) is 0. The van der Waals surface area contributed by atoms with Crippen LogP contribution in [0.25, 0.3) is 0 Å². The van der Waals surface area contributed by atoms with Gasteiger partial charge in [-0.2, -0.15) is 8.42 Å². The summed E-state index contributed by atoms with van der Waals surface area (Å²) < 4.78 is 60.6. The maximum atomic E-state index is 13.6. The van der Waals surface area contributed by atoms with E-state index in [-0.39, 0.29) is 18.8 Å². The van der Waals surface area contributed by atoms with Gasteiger partial charge in [-0.3, -0.25) is 0 Å². The van der Waals surface area contributed by atoms with Gasteiger partial charge in [-0.25, -0.2) is 17.4 Å². The zero-order valence-corrected chi connectivity index (χ0v) is 15.0. The summed E-state index contributed by atoms with van der Waals surface area (Å²) in [5, 5.41) is 2.94. The molecule has 0 aromatic heterocycles. The number of rotatable bonds is 7. The van der Waals surface area contributed by atoms with E-state index in [1.807, 2.05) is 0 Å². The van der Waals surface area contributed by atoms with Gasteiger partial charge in [0.2, 0.25) is 0 Å². The third kappa shape index (κ3) is 3.37. The lowest BCUT2D eigenvalue weighted by Crippen LogP contribution is -2.37. The fraction of sp³-hybridized carbons (Fsp3) is 0.294. The fourth-order valence-corrected chi connectivity index (χ4v) is 4.43. The highest BCUT2D eigenvalue weighted by Crippen LogP contribution is 2.45. The Morgan fingerprint density at radius 1 is 1.04 bits per heavy atom. The lowest BCUT2D eigenvalue weighted by Gasteiger charge is -2.22. The van der Waals surface area contributed by atoms with Gasteiger partial charge < -0.3 is 10.1 Å². The minimum Gasteiger partial charge on any atom is -0.378 e. The second kappa shape index (κ2) is 7.56. The van der Waals surface area contributed by atoms with Gasteiger partial charge in [0.1, 0.15) is 0 Å². The molecule has 0 saturated carbocycles. The molecule has 26 heavy (non-hydrogen) atoms. The molecule has 1 aliphatic rings. The quantitative estimate of drug-likeness (QED) is 0.746. The Hall–Kier alpha value is -2.23. The minimum atomic E-state index is -3.98. The SMILES string of the molecule is CNCCOCCN1c2ccccc2N(c2ccc(F)c(F)c2)S1(=O)=O. The molecule has 1 N–H and O–H groups in total. The first-order valence-electron chi connectivity index (χ1n) is 8.06. The zero-order valence-electron chi connectivity index (χ0n) is 14.2. The van der Waals surface area contributed by atoms with Gasteiger partial charge >= 0.3 is 10.2 Å². The molecule has 0 atom stereocenters. The van der Waals surface area contributed by atoms with E-state index in [0.29, 0.717) is 24.5 Å². The second-order valence-electron chi connectivity index (χ2n) is 5.65. The molecule has 1 heterocycles. The van der Waals surface area contributed by atoms with Crippen molar-refractivity contribution < 1.29 is 21.9 Å². The molecule has 0 bridgehead atoms. The Labute approximate surface area is 151 Å². The van der Waals surface area contributed by atoms with Gasteiger partial charge in [0.05, 0.1) is 36.8 Å². The molecule has 0 radical (unpaired) electrons. The topological polar surface area (TPSA) is 61.9 Å². The number of benzene rings is 2. The molecule has 0 aliphatic carbocycles. The second-order valence-corrected chi connectivity index (χ2v) is 7.35. The number of likely N-dealkylation sites (N-methyl/N-ethyl adjacent to an activating group) is 1. The highest BCUT2D eigenvalue weighted by atomic mass is 32.2. The fourth-order valence-electron chi connectivity index (χ4n) is 2.74. The van der Waals surface area contributed by atoms with Crippen LogP contribution >= 0.6 is 0 Å². The Balaban J connectivity index is 1.93. The van der Waals surface area contributed by atoms with Crippen molar-refractivity contribution in [3.8, 4) is 0 Å². The lowest BCUT2D eigenvalue weighted by molar-refractivity contribution is 0.145. The van der Waals surface area contributed by atoms with Gasteiger partial charge in [-0.15, -0.1) is 0 Å². The van der Waals surface area contributed by atoms with E-state index < -0.39 is 21.8 Å². The van der Waals surface area contributed by atoms with Crippen molar-refractivity contribution in [2.45, 2.75) is 0 Å². The predicted molar refractivity (Wildman–Crippen MR) is 96.0 cm³/mol. The maximum Gasteiger partial charge on any atom is 0.331 e. The van der Waals surface area contributed by atoms with Crippen molar-refractivity contribution >= 4 is 27.3 Å². The molecular formula is C17H19F2N3O3S. The number of nitrogens with zero attached hydrogens (tertiary/aromatic N) is 2. The molecular weight excluding hydrogens is 364 g/mol. The van der Waals surface area contributed by atoms with Crippen LogP contribution in [0.4, 0.5) is 25.8 Å². The summed E-state index contributed by atoms with van der Waals surface area (Å²) in [4.78, 5) is 0. The molecule has 140 valence electrons. The molecule has 0 saturated heterocycles. The predicted octanol–water partition coefficient (Wildman–Crippen LogP) is 2.40. The molecule has 2 aromatic rings. The highest BCUT2D eigenvalue weighted by molar-refractivity contribution is 7.95. The van der Waals surface area contributed by atoms with Gasteiger partial charge in [-0.1, -0.05) is 12.1 Å². The van der Waals surface area contributed by atoms with Gasteiger partial charge in [0, 0.05) is 12.6 Å². The third-order valence-electron chi connectivity index (χ3n) is 3.95. The van der Waals surface area contributed by atoms with Crippen LogP contribution in [0.3, 0.4) is 0 Å². The van der Waals surface area contributed by atoms with Crippen LogP contribution in [-0.4, -0.2) is 41.8 Å². The molecule has 3 rings (SSSR count). The first-order valence-corrected chi connectivity index (χ1v) is 9.46. The molecule has 0 fully saturated rings. The summed E-state index contributed by atoms with van der Waals surface area (Å²) in [5.74, 6) is -2.14. The molecule has 0 spiro atoms. The number of halogens is 2. The van der Waals surface area contributed by atoms with Gasteiger partial charge in [0.25, 0.3) is 0 Å². The molecule has 2 aromatic carbocycles. The summed E-state index contributed by atoms with van der Waals surface area (Å²) in [7, 11) is -2.18. The van der Waals surface area contributed by atoms with Crippen LogP contribution < -0.4 is 13.9 Å². The summed E-state index contributed by atoms with van der Waals surface area (Å²) in [6.45, 7) is 1.44. The number of ether oxygens (including phenoxy) is 1. The average molecular weight is 383 g/mol. The van der Waals surface area contributed by atoms with E-state index in [1.54, 1.807) is 31.3 Å². The van der Waals surface area contributed by atoms with Crippen LogP contribution in [0.2, 0.25) is 0 Å². The number of para-hydroxylation sites is 2. The van der Waals surface area contributed by atoms with E-state index in [4.69, 9.17) is 4.74 Å². The van der Waals surface area contributed by atoms with E-state index in [9.17, 15) is 17.2 Å². The molecule has 0 amide bonds. The van der Waals surface area contributed by atoms with Crippen LogP contribution in [0.5, 0.6) is 0 Å². The molecule has 6 nitrogen and oxygen atoms in total. The summed E-state index contributed by atoms with van der Waals surface area (Å²) >= 11 is 0. The Bertz CT molecular complexity index is 893. The largest absolute Gasteiger partial charge is 0.378 e. The minimum absolute atomic E-state index is 0.0370. The van der Waals surface area contributed by atoms with Crippen molar-refractivity contribution in [3.05, 3.63) is 54.1 Å². The van der Waals surface area contributed by atoms with Crippen LogP contribution in [0.1, 0.15) is 0 Å². The van der Waals surface area contributed by atoms with Crippen molar-refractivity contribution in [1.29, 1.82) is 0 Å². The Kier molecular flexibility index (Phi) is 5.40. The van der Waals surface area contributed by atoms with E-state index in [0.717, 1.165) is 16.4 Å². The first kappa shape index (κ1) is 18.6. The van der Waals surface area contributed by atoms with Gasteiger partial charge in [-0.05, 0) is 31.3 Å². The van der Waals surface area contributed by atoms with Crippen LogP contribution in [-0.2, 0) is 14.9 Å². The highest BCUT2D eigenvalue weighted by Gasteiger charge is 2.41. The van der Waals surface area contributed by atoms with Gasteiger partial charge in [0.15, 0.2) is 11.6 Å². The monoisotopic (exact) mass is 383 g/mol. The average Bonchev–Trinajstić information content (AvgIpc) is 2.84. The normalized spacial score (nSPS) is 15.3. The number of anilines is 3. The zero-order chi connectivity index (χ0) is 18.7. The number of hydrogen-bond acceptors (Lipinski definition) is 4. The molecule has 1 aliphatic heterocycles. The third-order valence-corrected chi connectivity index (χ3v) is 5.76. The van der Waals surface area contributed by atoms with Crippen molar-refractivity contribution in [2.75, 3.05) is 42.0 Å². The Morgan fingerprint density at radius 3 is 2.46 bits per heavy atom. The Morgan fingerprint density at radius 2 is 1.77 bits per heavy atom. The number of hydrogen-bond donors (Lipinski definition) is 1. The van der Waals surface area contributed by atoms with E-state index in [2.05, 4.69) is 5.32 Å².